The van der Waals surface area contributed by atoms with Gasteiger partial charge in [-0.15, -0.1) is 0 Å². The van der Waals surface area contributed by atoms with Crippen LogP contribution in [0.1, 0.15) is 34.8 Å². The Morgan fingerprint density at radius 1 is 1.39 bits per heavy atom. The van der Waals surface area contributed by atoms with Crippen molar-refractivity contribution in [1.82, 2.24) is 0 Å². The van der Waals surface area contributed by atoms with Gasteiger partial charge in [0.2, 0.25) is 0 Å². The summed E-state index contributed by atoms with van der Waals surface area (Å²) in [5, 5.41) is 0.0161. The number of Topliss-reactive ketones (excluding diaryl/α,β-unsaturated/α-hetero) is 1. The quantitative estimate of drug-likeness (QED) is 0.556. The topological polar surface area (TPSA) is 26.3 Å². The van der Waals surface area contributed by atoms with Crippen molar-refractivity contribution in [2.45, 2.75) is 32.4 Å². The highest BCUT2D eigenvalue weighted by atomic mass is 32.2. The summed E-state index contributed by atoms with van der Waals surface area (Å²) in [6.07, 6.45) is 0.992. The molecule has 0 fully saturated rings. The molecule has 100 valence electrons. The predicted molar refractivity (Wildman–Crippen MR) is 78.7 cm³/mol. The molecule has 0 heterocycles. The molecule has 0 aliphatic rings. The molecule has 0 radical (unpaired) electrons. The molecule has 2 nitrogen and oxygen atoms in total. The Morgan fingerprint density at radius 2 is 2.11 bits per heavy atom. The normalized spacial score (nSPS) is 12.4. The van der Waals surface area contributed by atoms with Crippen molar-refractivity contribution in [2.24, 2.45) is 0 Å². The second kappa shape index (κ2) is 7.59. The van der Waals surface area contributed by atoms with E-state index in [-0.39, 0.29) is 11.0 Å². The zero-order valence-corrected chi connectivity index (χ0v) is 12.5. The molecular weight excluding hydrogens is 244 g/mol. The fourth-order valence-electron chi connectivity index (χ4n) is 1.76. The molecule has 0 aliphatic carbocycles. The van der Waals surface area contributed by atoms with Gasteiger partial charge < -0.3 is 4.74 Å². The largest absolute Gasteiger partial charge is 0.385 e. The number of ketones is 1. The SMILES string of the molecule is COCCCSC(C)C(=O)c1cc(C)ccc1C. The van der Waals surface area contributed by atoms with Crippen LogP contribution in [-0.4, -0.2) is 30.5 Å². The van der Waals surface area contributed by atoms with Gasteiger partial charge in [0.15, 0.2) is 5.78 Å². The van der Waals surface area contributed by atoms with Crippen molar-refractivity contribution in [2.75, 3.05) is 19.5 Å². The van der Waals surface area contributed by atoms with E-state index in [9.17, 15) is 4.79 Å². The minimum absolute atomic E-state index is 0.0161. The highest BCUT2D eigenvalue weighted by Crippen LogP contribution is 2.20. The average Bonchev–Trinajstić information content (AvgIpc) is 2.36. The molecule has 3 heteroatoms. The number of benzene rings is 1. The van der Waals surface area contributed by atoms with Crippen molar-refractivity contribution in [1.29, 1.82) is 0 Å². The molecule has 0 aliphatic heterocycles. The van der Waals surface area contributed by atoms with Gasteiger partial charge in [-0.1, -0.05) is 17.7 Å². The Balaban J connectivity index is 2.60. The van der Waals surface area contributed by atoms with E-state index in [1.807, 2.05) is 39.0 Å². The van der Waals surface area contributed by atoms with Crippen LogP contribution in [0.25, 0.3) is 0 Å². The van der Waals surface area contributed by atoms with Crippen molar-refractivity contribution < 1.29 is 9.53 Å². The summed E-state index contributed by atoms with van der Waals surface area (Å²) in [5.41, 5.74) is 3.07. The first kappa shape index (κ1) is 15.3. The van der Waals surface area contributed by atoms with Crippen molar-refractivity contribution >= 4 is 17.5 Å². The van der Waals surface area contributed by atoms with Gasteiger partial charge in [-0.2, -0.15) is 11.8 Å². The van der Waals surface area contributed by atoms with Crippen LogP contribution in [-0.2, 0) is 4.74 Å². The minimum Gasteiger partial charge on any atom is -0.385 e. The summed E-state index contributed by atoms with van der Waals surface area (Å²) in [5.74, 6) is 1.20. The summed E-state index contributed by atoms with van der Waals surface area (Å²) in [7, 11) is 1.70. The summed E-state index contributed by atoms with van der Waals surface area (Å²) in [4.78, 5) is 12.3. The molecule has 1 rings (SSSR count). The van der Waals surface area contributed by atoms with Crippen LogP contribution >= 0.6 is 11.8 Å². The van der Waals surface area contributed by atoms with Crippen molar-refractivity contribution in [3.05, 3.63) is 34.9 Å². The van der Waals surface area contributed by atoms with Gasteiger partial charge in [0.1, 0.15) is 0 Å². The van der Waals surface area contributed by atoms with Crippen LogP contribution in [0.4, 0.5) is 0 Å². The number of ether oxygens (including phenoxy) is 1. The second-order valence-electron chi connectivity index (χ2n) is 4.54. The van der Waals surface area contributed by atoms with E-state index in [4.69, 9.17) is 4.74 Å². The third-order valence-electron chi connectivity index (χ3n) is 2.89. The zero-order chi connectivity index (χ0) is 13.5. The lowest BCUT2D eigenvalue weighted by molar-refractivity contribution is 0.0993. The molecule has 0 spiro atoms. The van der Waals surface area contributed by atoms with Gasteiger partial charge in [-0.25, -0.2) is 0 Å². The molecule has 1 atom stereocenters. The third kappa shape index (κ3) is 4.46. The first-order valence-electron chi connectivity index (χ1n) is 6.28. The molecule has 1 aromatic carbocycles. The van der Waals surface area contributed by atoms with E-state index >= 15 is 0 Å². The van der Waals surface area contributed by atoms with Crippen molar-refractivity contribution in [3.8, 4) is 0 Å². The fourth-order valence-corrected chi connectivity index (χ4v) is 2.68. The lowest BCUT2D eigenvalue weighted by Gasteiger charge is -2.12. The van der Waals surface area contributed by atoms with E-state index in [0.29, 0.717) is 0 Å². The second-order valence-corrected chi connectivity index (χ2v) is 5.99. The van der Waals surface area contributed by atoms with Crippen LogP contribution < -0.4 is 0 Å². The van der Waals surface area contributed by atoms with Crippen LogP contribution in [0.5, 0.6) is 0 Å². The zero-order valence-electron chi connectivity index (χ0n) is 11.7. The van der Waals surface area contributed by atoms with Crippen molar-refractivity contribution in [3.63, 3.8) is 0 Å². The highest BCUT2D eigenvalue weighted by molar-refractivity contribution is 8.00. The first-order chi connectivity index (χ1) is 8.56. The summed E-state index contributed by atoms with van der Waals surface area (Å²) in [6.45, 7) is 6.76. The Bertz CT molecular complexity index is 401. The van der Waals surface area contributed by atoms with Gasteiger partial charge in [0.05, 0.1) is 5.25 Å². The van der Waals surface area contributed by atoms with Gasteiger partial charge in [0, 0.05) is 19.3 Å². The van der Waals surface area contributed by atoms with E-state index in [2.05, 4.69) is 0 Å². The number of thioether (sulfide) groups is 1. The van der Waals surface area contributed by atoms with E-state index in [1.165, 1.54) is 0 Å². The maximum absolute atomic E-state index is 12.3. The van der Waals surface area contributed by atoms with Gasteiger partial charge in [0.25, 0.3) is 0 Å². The molecule has 0 saturated carbocycles. The van der Waals surface area contributed by atoms with Crippen LogP contribution in [0, 0.1) is 13.8 Å². The summed E-state index contributed by atoms with van der Waals surface area (Å²) in [6, 6.07) is 6.05. The fraction of sp³-hybridized carbons (Fsp3) is 0.533. The lowest BCUT2D eigenvalue weighted by Crippen LogP contribution is -2.16. The molecule has 0 aromatic heterocycles. The van der Waals surface area contributed by atoms with Gasteiger partial charge in [-0.3, -0.25) is 4.79 Å². The molecule has 1 unspecified atom stereocenters. The molecule has 0 saturated heterocycles. The number of rotatable bonds is 7. The monoisotopic (exact) mass is 266 g/mol. The van der Waals surface area contributed by atoms with Crippen LogP contribution in [0.15, 0.2) is 18.2 Å². The number of aryl methyl sites for hydroxylation is 2. The minimum atomic E-state index is 0.0161. The van der Waals surface area contributed by atoms with E-state index < -0.39 is 0 Å². The van der Waals surface area contributed by atoms with Crippen LogP contribution in [0.2, 0.25) is 0 Å². The summed E-state index contributed by atoms with van der Waals surface area (Å²) >= 11 is 1.70. The predicted octanol–water partition coefficient (Wildman–Crippen LogP) is 3.64. The van der Waals surface area contributed by atoms with E-state index in [0.717, 1.165) is 35.5 Å². The number of carbonyl (C=O) groups is 1. The molecule has 0 N–H and O–H groups in total. The number of hydrogen-bond donors (Lipinski definition) is 0. The van der Waals surface area contributed by atoms with Gasteiger partial charge >= 0.3 is 0 Å². The Morgan fingerprint density at radius 3 is 2.78 bits per heavy atom. The number of hydrogen-bond acceptors (Lipinski definition) is 3. The number of methoxy groups -OCH3 is 1. The standard InChI is InChI=1S/C15H22O2S/c1-11-6-7-12(2)14(10-11)15(16)13(3)18-9-5-8-17-4/h6-7,10,13H,5,8-9H2,1-4H3. The Labute approximate surface area is 114 Å². The third-order valence-corrected chi connectivity index (χ3v) is 4.13. The molecular formula is C15H22O2S. The molecule has 0 amide bonds. The maximum Gasteiger partial charge on any atom is 0.175 e. The van der Waals surface area contributed by atoms with Crippen LogP contribution in [0.3, 0.4) is 0 Å². The average molecular weight is 266 g/mol. The first-order valence-corrected chi connectivity index (χ1v) is 7.33. The highest BCUT2D eigenvalue weighted by Gasteiger charge is 2.17. The smallest absolute Gasteiger partial charge is 0.175 e. The summed E-state index contributed by atoms with van der Waals surface area (Å²) < 4.78 is 5.01. The molecule has 1 aromatic rings. The van der Waals surface area contributed by atoms with Gasteiger partial charge in [-0.05, 0) is 44.6 Å². The molecule has 18 heavy (non-hydrogen) atoms. The Hall–Kier alpha value is -0.800. The lowest BCUT2D eigenvalue weighted by atomic mass is 10.0. The maximum atomic E-state index is 12.3. The Kier molecular flexibility index (Phi) is 6.44. The molecule has 0 bridgehead atoms. The number of carbonyl (C=O) groups excluding carboxylic acids is 1. The van der Waals surface area contributed by atoms with E-state index in [1.54, 1.807) is 18.9 Å².